The molecule has 2 aromatic carbocycles. The lowest BCUT2D eigenvalue weighted by atomic mass is 9.84. The lowest BCUT2D eigenvalue weighted by molar-refractivity contribution is -0.180. The maximum absolute atomic E-state index is 13.6. The first-order valence-electron chi connectivity index (χ1n) is 16.2. The van der Waals surface area contributed by atoms with Crippen molar-refractivity contribution >= 4 is 35.4 Å². The molecule has 2 amide bonds. The Balaban J connectivity index is 2.10. The Labute approximate surface area is 289 Å². The van der Waals surface area contributed by atoms with Crippen molar-refractivity contribution in [1.82, 2.24) is 5.32 Å². The van der Waals surface area contributed by atoms with Crippen LogP contribution in [0.15, 0.2) is 60.7 Å². The summed E-state index contributed by atoms with van der Waals surface area (Å²) in [5, 5.41) is 14.5. The summed E-state index contributed by atoms with van der Waals surface area (Å²) in [6.45, 7) is 10.6. The van der Waals surface area contributed by atoms with E-state index in [1.54, 1.807) is 32.9 Å². The molecule has 264 valence electrons. The minimum absolute atomic E-state index is 0.0153. The second-order valence-electron chi connectivity index (χ2n) is 13.2. The van der Waals surface area contributed by atoms with Crippen molar-refractivity contribution < 1.29 is 38.5 Å². The summed E-state index contributed by atoms with van der Waals surface area (Å²) in [4.78, 5) is 50.9. The SMILES string of the molecule is COc1ccc(CCC(=O)NCC(C)(C)C(=O)O[C@@H](CC(C)C)C(=O)O[C@@H](C/C=C/C(N)=O)[C@H](C)[C@@H](O)[C@@H](C)c2ccccc2)cc1Cl. The number of aliphatic hydroxyl groups is 1. The molecule has 0 spiro atoms. The third-order valence-electron chi connectivity index (χ3n) is 8.22. The van der Waals surface area contributed by atoms with Crippen LogP contribution in [0.5, 0.6) is 5.75 Å². The molecular weight excluding hydrogens is 636 g/mol. The number of hydrogen-bond donors (Lipinski definition) is 3. The molecule has 0 aliphatic carbocycles. The van der Waals surface area contributed by atoms with Crippen molar-refractivity contribution in [3.05, 3.63) is 76.8 Å². The first kappa shape index (κ1) is 40.3. The highest BCUT2D eigenvalue weighted by Gasteiger charge is 2.37. The Morgan fingerprint density at radius 1 is 1.02 bits per heavy atom. The van der Waals surface area contributed by atoms with Gasteiger partial charge in [0, 0.05) is 31.2 Å². The highest BCUT2D eigenvalue weighted by molar-refractivity contribution is 6.32. The number of carbonyl (C=O) groups excluding carboxylic acids is 4. The first-order chi connectivity index (χ1) is 22.5. The van der Waals surface area contributed by atoms with Crippen LogP contribution >= 0.6 is 11.6 Å². The van der Waals surface area contributed by atoms with Crippen LogP contribution in [-0.2, 0) is 35.1 Å². The molecule has 0 heterocycles. The van der Waals surface area contributed by atoms with Gasteiger partial charge < -0.3 is 30.4 Å². The maximum Gasteiger partial charge on any atom is 0.347 e. The Bertz CT molecular complexity index is 1390. The largest absolute Gasteiger partial charge is 0.495 e. The number of aliphatic hydroxyl groups excluding tert-OH is 1. The van der Waals surface area contributed by atoms with Crippen molar-refractivity contribution in [2.75, 3.05) is 13.7 Å². The second-order valence-corrected chi connectivity index (χ2v) is 13.6. The molecule has 0 saturated heterocycles. The summed E-state index contributed by atoms with van der Waals surface area (Å²) in [7, 11) is 1.53. The number of carbonyl (C=O) groups is 4. The Kier molecular flexibility index (Phi) is 16.1. The summed E-state index contributed by atoms with van der Waals surface area (Å²) < 4.78 is 16.8. The first-order valence-corrected chi connectivity index (χ1v) is 16.6. The fourth-order valence-electron chi connectivity index (χ4n) is 5.06. The second kappa shape index (κ2) is 19.2. The number of amides is 2. The van der Waals surface area contributed by atoms with Gasteiger partial charge in [-0.1, -0.05) is 81.8 Å². The van der Waals surface area contributed by atoms with E-state index in [2.05, 4.69) is 5.32 Å². The number of benzene rings is 2. The van der Waals surface area contributed by atoms with Gasteiger partial charge in [-0.25, -0.2) is 4.79 Å². The number of hydrogen-bond acceptors (Lipinski definition) is 8. The molecule has 0 fully saturated rings. The molecular formula is C37H51ClN2O8. The third-order valence-corrected chi connectivity index (χ3v) is 8.51. The van der Waals surface area contributed by atoms with Crippen molar-refractivity contribution in [1.29, 1.82) is 0 Å². The van der Waals surface area contributed by atoms with Crippen molar-refractivity contribution in [3.63, 3.8) is 0 Å². The van der Waals surface area contributed by atoms with Crippen molar-refractivity contribution in [3.8, 4) is 5.75 Å². The van der Waals surface area contributed by atoms with E-state index in [1.807, 2.05) is 57.2 Å². The van der Waals surface area contributed by atoms with E-state index in [0.717, 1.165) is 11.1 Å². The number of nitrogens with two attached hydrogens (primary N) is 1. The lowest BCUT2D eigenvalue weighted by Crippen LogP contribution is -2.44. The summed E-state index contributed by atoms with van der Waals surface area (Å²) in [6.07, 6.45) is 0.605. The number of esters is 2. The standard InChI is InChI=1S/C37H51ClN2O8/c1-23(2)20-31(48-36(45)37(5,6)22-40-33(42)19-17-26-16-18-30(46-7)28(38)21-26)35(44)47-29(14-11-15-32(39)41)25(4)34(43)24(3)27-12-9-8-10-13-27/h8-13,15-16,18,21,23-25,29,31,34,43H,14,17,19-20,22H2,1-7H3,(H2,39,41)(H,40,42)/b15-11+/t24-,25-,29-,31-,34-/m0/s1. The van der Waals surface area contributed by atoms with Gasteiger partial charge in [0.2, 0.25) is 11.8 Å². The zero-order chi connectivity index (χ0) is 36.0. The fraction of sp³-hybridized carbons (Fsp3) is 0.514. The van der Waals surface area contributed by atoms with Gasteiger partial charge in [-0.05, 0) is 61.9 Å². The highest BCUT2D eigenvalue weighted by atomic mass is 35.5. The third kappa shape index (κ3) is 13.0. The van der Waals surface area contributed by atoms with E-state index in [0.29, 0.717) is 17.2 Å². The van der Waals surface area contributed by atoms with Crippen LogP contribution in [-0.4, -0.2) is 60.8 Å². The molecule has 0 radical (unpaired) electrons. The molecule has 0 bridgehead atoms. The normalized spacial score (nSPS) is 14.9. The molecule has 2 rings (SSSR count). The molecule has 0 aliphatic rings. The predicted octanol–water partition coefficient (Wildman–Crippen LogP) is 5.53. The van der Waals surface area contributed by atoms with Gasteiger partial charge in [-0.2, -0.15) is 0 Å². The fourth-order valence-corrected chi connectivity index (χ4v) is 5.34. The van der Waals surface area contributed by atoms with Crippen LogP contribution in [0.2, 0.25) is 5.02 Å². The quantitative estimate of drug-likeness (QED) is 0.129. The van der Waals surface area contributed by atoms with Crippen molar-refractivity contribution in [2.24, 2.45) is 23.0 Å². The van der Waals surface area contributed by atoms with Gasteiger partial charge in [0.1, 0.15) is 11.9 Å². The minimum atomic E-state index is -1.23. The van der Waals surface area contributed by atoms with Crippen LogP contribution < -0.4 is 15.8 Å². The molecule has 0 aromatic heterocycles. The summed E-state index contributed by atoms with van der Waals surface area (Å²) in [5.74, 6) is -2.68. The number of nitrogens with one attached hydrogen (secondary N) is 1. The van der Waals surface area contributed by atoms with Gasteiger partial charge in [0.25, 0.3) is 0 Å². The van der Waals surface area contributed by atoms with Crippen LogP contribution in [0.3, 0.4) is 0 Å². The maximum atomic E-state index is 13.6. The lowest BCUT2D eigenvalue weighted by Gasteiger charge is -2.32. The number of primary amides is 1. The smallest absolute Gasteiger partial charge is 0.347 e. The number of halogens is 1. The van der Waals surface area contributed by atoms with Crippen LogP contribution in [0, 0.1) is 17.3 Å². The van der Waals surface area contributed by atoms with E-state index < -0.39 is 47.5 Å². The molecule has 0 saturated carbocycles. The molecule has 0 aliphatic heterocycles. The molecule has 11 heteroatoms. The van der Waals surface area contributed by atoms with Gasteiger partial charge >= 0.3 is 11.9 Å². The number of aryl methyl sites for hydroxylation is 1. The highest BCUT2D eigenvalue weighted by Crippen LogP contribution is 2.29. The molecule has 4 N–H and O–H groups in total. The summed E-state index contributed by atoms with van der Waals surface area (Å²) in [6, 6.07) is 14.8. The van der Waals surface area contributed by atoms with Gasteiger partial charge in [-0.15, -0.1) is 0 Å². The number of methoxy groups -OCH3 is 1. The average molecular weight is 687 g/mol. The zero-order valence-corrected chi connectivity index (χ0v) is 29.8. The molecule has 0 unspecified atom stereocenters. The summed E-state index contributed by atoms with van der Waals surface area (Å²) >= 11 is 6.18. The molecule has 10 nitrogen and oxygen atoms in total. The van der Waals surface area contributed by atoms with Crippen molar-refractivity contribution in [2.45, 2.75) is 91.5 Å². The van der Waals surface area contributed by atoms with Crippen LogP contribution in [0.1, 0.15) is 77.8 Å². The Morgan fingerprint density at radius 3 is 2.27 bits per heavy atom. The van der Waals surface area contributed by atoms with Crippen LogP contribution in [0.4, 0.5) is 0 Å². The van der Waals surface area contributed by atoms with E-state index in [4.69, 9.17) is 31.5 Å². The monoisotopic (exact) mass is 686 g/mol. The van der Waals surface area contributed by atoms with E-state index >= 15 is 0 Å². The predicted molar refractivity (Wildman–Crippen MR) is 185 cm³/mol. The number of ether oxygens (including phenoxy) is 3. The molecule has 2 aromatic rings. The number of rotatable bonds is 19. The van der Waals surface area contributed by atoms with E-state index in [9.17, 15) is 24.3 Å². The van der Waals surface area contributed by atoms with Gasteiger partial charge in [-0.3, -0.25) is 14.4 Å². The average Bonchev–Trinajstić information content (AvgIpc) is 3.04. The zero-order valence-electron chi connectivity index (χ0n) is 29.0. The van der Waals surface area contributed by atoms with E-state index in [1.165, 1.54) is 19.3 Å². The Hall–Kier alpha value is -3.89. The Morgan fingerprint density at radius 2 is 1.69 bits per heavy atom. The van der Waals surface area contributed by atoms with Crippen LogP contribution in [0.25, 0.3) is 0 Å². The molecule has 48 heavy (non-hydrogen) atoms. The minimum Gasteiger partial charge on any atom is -0.495 e. The van der Waals surface area contributed by atoms with Gasteiger partial charge in [0.15, 0.2) is 6.10 Å². The topological polar surface area (TPSA) is 154 Å². The molecule has 5 atom stereocenters. The van der Waals surface area contributed by atoms with E-state index in [-0.39, 0.29) is 43.6 Å². The summed E-state index contributed by atoms with van der Waals surface area (Å²) in [5.41, 5.74) is 5.89. The van der Waals surface area contributed by atoms with Gasteiger partial charge in [0.05, 0.1) is 23.7 Å².